The van der Waals surface area contributed by atoms with Gasteiger partial charge in [0.1, 0.15) is 5.75 Å². The van der Waals surface area contributed by atoms with Crippen LogP contribution in [0.4, 0.5) is 0 Å². The maximum absolute atomic E-state index is 10.7. The molecular weight excluding hydrogens is 224 g/mol. The molecule has 1 N–H and O–H groups in total. The second kappa shape index (κ2) is 5.16. The van der Waals surface area contributed by atoms with Gasteiger partial charge in [-0.1, -0.05) is 18.2 Å². The summed E-state index contributed by atoms with van der Waals surface area (Å²) in [6, 6.07) is 7.51. The fourth-order valence-electron chi connectivity index (χ4n) is 1.74. The molecule has 5 nitrogen and oxygen atoms in total. The number of carbonyl (C=O) groups is 1. The second-order valence-electron chi connectivity index (χ2n) is 3.74. The van der Waals surface area contributed by atoms with Crippen molar-refractivity contribution in [3.8, 4) is 5.75 Å². The fourth-order valence-corrected chi connectivity index (χ4v) is 1.74. The van der Waals surface area contributed by atoms with Crippen LogP contribution in [0.1, 0.15) is 5.56 Å². The zero-order chi connectivity index (χ0) is 12.3. The van der Waals surface area contributed by atoms with Gasteiger partial charge in [0, 0.05) is 6.42 Å². The first kappa shape index (κ1) is 11.9. The van der Waals surface area contributed by atoms with E-state index < -0.39 is 18.4 Å². The van der Waals surface area contributed by atoms with Crippen molar-refractivity contribution in [2.75, 3.05) is 13.7 Å². The van der Waals surface area contributed by atoms with E-state index in [0.717, 1.165) is 11.3 Å². The average molecular weight is 238 g/mol. The normalized spacial score (nSPS) is 23.6. The third kappa shape index (κ3) is 2.75. The van der Waals surface area contributed by atoms with Crippen molar-refractivity contribution in [3.05, 3.63) is 29.8 Å². The molecule has 2 atom stereocenters. The highest BCUT2D eigenvalue weighted by molar-refractivity contribution is 5.72. The predicted molar refractivity (Wildman–Crippen MR) is 58.9 cm³/mol. The molecular formula is C12H14O5. The summed E-state index contributed by atoms with van der Waals surface area (Å²) in [4.78, 5) is 10.7. The fraction of sp³-hybridized carbons (Fsp3) is 0.417. The van der Waals surface area contributed by atoms with E-state index in [2.05, 4.69) is 0 Å². The van der Waals surface area contributed by atoms with Crippen LogP contribution >= 0.6 is 0 Å². The van der Waals surface area contributed by atoms with E-state index in [0.29, 0.717) is 6.42 Å². The smallest absolute Gasteiger partial charge is 0.335 e. The van der Waals surface area contributed by atoms with E-state index in [1.54, 1.807) is 7.11 Å². The van der Waals surface area contributed by atoms with Crippen LogP contribution in [0.3, 0.4) is 0 Å². The molecule has 1 aliphatic heterocycles. The van der Waals surface area contributed by atoms with E-state index in [-0.39, 0.29) is 6.61 Å². The lowest BCUT2D eigenvalue weighted by molar-refractivity contribution is -0.150. The molecule has 0 saturated carbocycles. The number of hydrogen-bond acceptors (Lipinski definition) is 4. The number of hydrogen-bond donors (Lipinski definition) is 1. The van der Waals surface area contributed by atoms with E-state index in [4.69, 9.17) is 19.3 Å². The van der Waals surface area contributed by atoms with Crippen molar-refractivity contribution in [1.29, 1.82) is 0 Å². The molecule has 1 aromatic carbocycles. The number of rotatable bonds is 4. The van der Waals surface area contributed by atoms with Gasteiger partial charge in [-0.2, -0.15) is 0 Å². The summed E-state index contributed by atoms with van der Waals surface area (Å²) in [6.45, 7) is 0.0924. The van der Waals surface area contributed by atoms with Gasteiger partial charge in [0.15, 0.2) is 12.4 Å². The summed E-state index contributed by atoms with van der Waals surface area (Å²) >= 11 is 0. The summed E-state index contributed by atoms with van der Waals surface area (Å²) in [5.74, 6) is -0.244. The minimum Gasteiger partial charge on any atom is -0.496 e. The molecule has 1 saturated heterocycles. The van der Waals surface area contributed by atoms with Gasteiger partial charge < -0.3 is 19.3 Å². The van der Waals surface area contributed by atoms with Crippen LogP contribution in [0.5, 0.6) is 5.75 Å². The van der Waals surface area contributed by atoms with Crippen LogP contribution in [0.25, 0.3) is 0 Å². The van der Waals surface area contributed by atoms with E-state index in [1.165, 1.54) is 0 Å². The zero-order valence-corrected chi connectivity index (χ0v) is 9.46. The van der Waals surface area contributed by atoms with Crippen LogP contribution in [0.2, 0.25) is 0 Å². The molecule has 0 aromatic heterocycles. The van der Waals surface area contributed by atoms with Gasteiger partial charge in [0.2, 0.25) is 0 Å². The largest absolute Gasteiger partial charge is 0.496 e. The van der Waals surface area contributed by atoms with E-state index in [1.807, 2.05) is 24.3 Å². The summed E-state index contributed by atoms with van der Waals surface area (Å²) < 4.78 is 15.7. The Morgan fingerprint density at radius 1 is 1.53 bits per heavy atom. The first-order valence-electron chi connectivity index (χ1n) is 5.32. The van der Waals surface area contributed by atoms with Gasteiger partial charge in [0.05, 0.1) is 13.7 Å². The zero-order valence-electron chi connectivity index (χ0n) is 9.46. The summed E-state index contributed by atoms with van der Waals surface area (Å²) in [5.41, 5.74) is 0.936. The second-order valence-corrected chi connectivity index (χ2v) is 3.74. The highest BCUT2D eigenvalue weighted by Crippen LogP contribution is 2.23. The number of methoxy groups -OCH3 is 1. The third-order valence-corrected chi connectivity index (χ3v) is 2.60. The van der Waals surface area contributed by atoms with Crippen molar-refractivity contribution in [2.24, 2.45) is 0 Å². The van der Waals surface area contributed by atoms with Gasteiger partial charge >= 0.3 is 5.97 Å². The predicted octanol–water partition coefficient (Wildman–Crippen LogP) is 1.06. The molecule has 5 heteroatoms. The molecule has 17 heavy (non-hydrogen) atoms. The van der Waals surface area contributed by atoms with Gasteiger partial charge in [-0.15, -0.1) is 0 Å². The van der Waals surface area contributed by atoms with Gasteiger partial charge in [-0.3, -0.25) is 0 Å². The van der Waals surface area contributed by atoms with E-state index in [9.17, 15) is 4.79 Å². The van der Waals surface area contributed by atoms with Crippen molar-refractivity contribution in [2.45, 2.75) is 18.8 Å². The molecule has 0 amide bonds. The minimum absolute atomic E-state index is 0.0924. The first-order valence-corrected chi connectivity index (χ1v) is 5.32. The Labute approximate surface area is 98.9 Å². The van der Waals surface area contributed by atoms with Crippen LogP contribution in [0, 0.1) is 0 Å². The van der Waals surface area contributed by atoms with Crippen molar-refractivity contribution < 1.29 is 24.1 Å². The molecule has 0 bridgehead atoms. The number of benzene rings is 1. The third-order valence-electron chi connectivity index (χ3n) is 2.60. The molecule has 1 heterocycles. The maximum atomic E-state index is 10.7. The minimum atomic E-state index is -0.993. The van der Waals surface area contributed by atoms with Crippen molar-refractivity contribution in [3.63, 3.8) is 0 Å². The van der Waals surface area contributed by atoms with Crippen LogP contribution in [0.15, 0.2) is 24.3 Å². The summed E-state index contributed by atoms with van der Waals surface area (Å²) in [5, 5.41) is 8.77. The highest BCUT2D eigenvalue weighted by Gasteiger charge is 2.31. The molecule has 0 radical (unpaired) electrons. The lowest BCUT2D eigenvalue weighted by Crippen LogP contribution is -2.23. The first-order chi connectivity index (χ1) is 8.20. The maximum Gasteiger partial charge on any atom is 0.335 e. The number of carboxylic acids is 1. The average Bonchev–Trinajstić information content (AvgIpc) is 2.78. The number of aliphatic carboxylic acids is 1. The Bertz CT molecular complexity index is 404. The molecule has 0 aliphatic carbocycles. The van der Waals surface area contributed by atoms with E-state index >= 15 is 0 Å². The standard InChI is InChI=1S/C12H14O5/c1-15-9-5-3-2-4-8(9)6-11-16-7-10(17-11)12(13)14/h2-5,10-11H,6-7H2,1H3,(H,13,14). The lowest BCUT2D eigenvalue weighted by atomic mass is 10.1. The van der Waals surface area contributed by atoms with Crippen molar-refractivity contribution in [1.82, 2.24) is 0 Å². The topological polar surface area (TPSA) is 65.0 Å². The van der Waals surface area contributed by atoms with Crippen LogP contribution in [-0.4, -0.2) is 37.2 Å². The Morgan fingerprint density at radius 3 is 2.94 bits per heavy atom. The number of carboxylic acid groups (broad SMARTS) is 1. The summed E-state index contributed by atoms with van der Waals surface area (Å²) in [6.07, 6.45) is -0.907. The molecule has 1 aliphatic rings. The SMILES string of the molecule is COc1ccccc1CC1OCC(C(=O)O)O1. The number of ether oxygens (including phenoxy) is 3. The van der Waals surface area contributed by atoms with Crippen molar-refractivity contribution >= 4 is 5.97 Å². The molecule has 1 fully saturated rings. The monoisotopic (exact) mass is 238 g/mol. The lowest BCUT2D eigenvalue weighted by Gasteiger charge is -2.12. The Hall–Kier alpha value is -1.59. The van der Waals surface area contributed by atoms with Gasteiger partial charge in [-0.25, -0.2) is 4.79 Å². The molecule has 92 valence electrons. The Kier molecular flexibility index (Phi) is 3.61. The van der Waals surface area contributed by atoms with Crippen LogP contribution in [-0.2, 0) is 20.7 Å². The highest BCUT2D eigenvalue weighted by atomic mass is 16.7. The van der Waals surface area contributed by atoms with Gasteiger partial charge in [-0.05, 0) is 11.6 Å². The molecule has 2 rings (SSSR count). The Balaban J connectivity index is 2.00. The molecule has 0 spiro atoms. The molecule has 2 unspecified atom stereocenters. The summed E-state index contributed by atoms with van der Waals surface area (Å²) in [7, 11) is 1.59. The number of para-hydroxylation sites is 1. The molecule has 1 aromatic rings. The van der Waals surface area contributed by atoms with Gasteiger partial charge in [0.25, 0.3) is 0 Å². The Morgan fingerprint density at radius 2 is 2.29 bits per heavy atom. The van der Waals surface area contributed by atoms with Crippen LogP contribution < -0.4 is 4.74 Å². The quantitative estimate of drug-likeness (QED) is 0.849.